The molecule has 1 saturated heterocycles. The van der Waals surface area contributed by atoms with Gasteiger partial charge in [0.05, 0.1) is 6.61 Å². The zero-order valence-corrected chi connectivity index (χ0v) is 10.4. The summed E-state index contributed by atoms with van der Waals surface area (Å²) in [6.45, 7) is 0.258. The third kappa shape index (κ3) is 3.41. The lowest BCUT2D eigenvalue weighted by molar-refractivity contribution is -0.139. The van der Waals surface area contributed by atoms with Gasteiger partial charge >= 0.3 is 5.97 Å². The number of rotatable bonds is 4. The number of nitrogens with one attached hydrogen (secondary N) is 1. The Hall–Kier alpha value is -1.66. The first-order chi connectivity index (χ1) is 8.57. The summed E-state index contributed by atoms with van der Waals surface area (Å²) in [5.41, 5.74) is 0.775. The van der Waals surface area contributed by atoms with Gasteiger partial charge in [0.25, 0.3) is 0 Å². The summed E-state index contributed by atoms with van der Waals surface area (Å²) in [6.07, 6.45) is 1.85. The molecule has 96 valence electrons. The molecular formula is C12H13NO4S. The van der Waals surface area contributed by atoms with E-state index in [1.54, 1.807) is 12.1 Å². The molecule has 0 spiro atoms. The van der Waals surface area contributed by atoms with Crippen LogP contribution in [-0.4, -0.2) is 27.0 Å². The smallest absolute Gasteiger partial charge is 0.324 e. The normalized spacial score (nSPS) is 20.2. The number of carbonyl (C=O) groups is 1. The number of hydrogen-bond acceptors (Lipinski definition) is 4. The molecule has 0 amide bonds. The van der Waals surface area contributed by atoms with Crippen LogP contribution in [0.2, 0.25) is 0 Å². The Morgan fingerprint density at radius 1 is 1.28 bits per heavy atom. The predicted molar refractivity (Wildman–Crippen MR) is 66.9 cm³/mol. The molecule has 0 radical (unpaired) electrons. The highest BCUT2D eigenvalue weighted by Crippen LogP contribution is 2.09. The average Bonchev–Trinajstić information content (AvgIpc) is 2.73. The molecule has 5 nitrogen and oxygen atoms in total. The van der Waals surface area contributed by atoms with Gasteiger partial charge in [-0.15, -0.1) is 0 Å². The van der Waals surface area contributed by atoms with E-state index in [0.29, 0.717) is 6.42 Å². The number of carbonyl (C=O) groups excluding carboxylic acids is 1. The SMILES string of the molecule is O=C1OCCC1NS(=O)(=O)/C=C/c1ccccc1. The molecule has 0 saturated carbocycles. The van der Waals surface area contributed by atoms with E-state index in [1.165, 1.54) is 6.08 Å². The minimum absolute atomic E-state index is 0.258. The van der Waals surface area contributed by atoms with Crippen molar-refractivity contribution in [1.82, 2.24) is 4.72 Å². The van der Waals surface area contributed by atoms with E-state index in [0.717, 1.165) is 11.0 Å². The van der Waals surface area contributed by atoms with Crippen molar-refractivity contribution in [2.75, 3.05) is 6.61 Å². The summed E-state index contributed by atoms with van der Waals surface area (Å²) in [5, 5.41) is 1.05. The Labute approximate surface area is 106 Å². The molecule has 1 aliphatic heterocycles. The molecule has 1 heterocycles. The van der Waals surface area contributed by atoms with Crippen LogP contribution in [0.3, 0.4) is 0 Å². The lowest BCUT2D eigenvalue weighted by Gasteiger charge is -2.05. The number of benzene rings is 1. The molecule has 1 fully saturated rings. The second-order valence-corrected chi connectivity index (χ2v) is 5.48. The first-order valence-corrected chi connectivity index (χ1v) is 7.03. The van der Waals surface area contributed by atoms with Gasteiger partial charge < -0.3 is 4.74 Å². The van der Waals surface area contributed by atoms with Crippen molar-refractivity contribution >= 4 is 22.1 Å². The molecule has 0 aromatic heterocycles. The summed E-state index contributed by atoms with van der Waals surface area (Å²) in [7, 11) is -3.63. The first kappa shape index (κ1) is 12.8. The second kappa shape index (κ2) is 5.32. The van der Waals surface area contributed by atoms with Crippen LogP contribution in [0, 0.1) is 0 Å². The van der Waals surface area contributed by atoms with Crippen LogP contribution in [0.15, 0.2) is 35.7 Å². The minimum atomic E-state index is -3.63. The fraction of sp³-hybridized carbons (Fsp3) is 0.250. The topological polar surface area (TPSA) is 72.5 Å². The van der Waals surface area contributed by atoms with Gasteiger partial charge in [-0.2, -0.15) is 4.72 Å². The van der Waals surface area contributed by atoms with Crippen molar-refractivity contribution in [3.05, 3.63) is 41.3 Å². The quantitative estimate of drug-likeness (QED) is 0.822. The summed E-state index contributed by atoms with van der Waals surface area (Å²) >= 11 is 0. The van der Waals surface area contributed by atoms with Crippen LogP contribution in [-0.2, 0) is 19.6 Å². The number of ether oxygens (including phenoxy) is 1. The maximum absolute atomic E-state index is 11.7. The fourth-order valence-electron chi connectivity index (χ4n) is 1.57. The van der Waals surface area contributed by atoms with Gasteiger partial charge in [0.1, 0.15) is 6.04 Å². The van der Waals surface area contributed by atoms with Crippen LogP contribution >= 0.6 is 0 Å². The van der Waals surface area contributed by atoms with E-state index < -0.39 is 22.0 Å². The highest BCUT2D eigenvalue weighted by molar-refractivity contribution is 7.92. The third-order valence-corrected chi connectivity index (χ3v) is 3.59. The van der Waals surface area contributed by atoms with E-state index in [1.807, 2.05) is 18.2 Å². The molecule has 0 bridgehead atoms. The van der Waals surface area contributed by atoms with Gasteiger partial charge in [-0.25, -0.2) is 8.42 Å². The molecule has 6 heteroatoms. The number of cyclic esters (lactones) is 1. The molecular weight excluding hydrogens is 254 g/mol. The third-order valence-electron chi connectivity index (χ3n) is 2.48. The van der Waals surface area contributed by atoms with Crippen LogP contribution in [0.4, 0.5) is 0 Å². The monoisotopic (exact) mass is 267 g/mol. The Morgan fingerprint density at radius 3 is 2.61 bits per heavy atom. The largest absolute Gasteiger partial charge is 0.464 e. The summed E-state index contributed by atoms with van der Waals surface area (Å²) < 4.78 is 30.4. The summed E-state index contributed by atoms with van der Waals surface area (Å²) in [4.78, 5) is 11.2. The van der Waals surface area contributed by atoms with E-state index in [4.69, 9.17) is 0 Å². The van der Waals surface area contributed by atoms with Gasteiger partial charge in [-0.3, -0.25) is 4.79 Å². The van der Waals surface area contributed by atoms with E-state index in [9.17, 15) is 13.2 Å². The molecule has 1 N–H and O–H groups in total. The molecule has 2 rings (SSSR count). The van der Waals surface area contributed by atoms with Gasteiger partial charge in [0.15, 0.2) is 0 Å². The van der Waals surface area contributed by atoms with Gasteiger partial charge in [-0.05, 0) is 11.6 Å². The van der Waals surface area contributed by atoms with E-state index >= 15 is 0 Å². The van der Waals surface area contributed by atoms with Crippen LogP contribution < -0.4 is 4.72 Å². The maximum Gasteiger partial charge on any atom is 0.324 e. The molecule has 18 heavy (non-hydrogen) atoms. The standard InChI is InChI=1S/C12H13NO4S/c14-12-11(6-8-17-12)13-18(15,16)9-7-10-4-2-1-3-5-10/h1-5,7,9,11,13H,6,8H2/b9-7+. The molecule has 1 atom stereocenters. The Bertz CT molecular complexity index is 551. The number of sulfonamides is 1. The Balaban J connectivity index is 2.03. The zero-order valence-electron chi connectivity index (χ0n) is 9.57. The van der Waals surface area contributed by atoms with Crippen LogP contribution in [0.25, 0.3) is 6.08 Å². The van der Waals surface area contributed by atoms with E-state index in [-0.39, 0.29) is 6.61 Å². The summed E-state index contributed by atoms with van der Waals surface area (Å²) in [6, 6.07) is 8.28. The van der Waals surface area contributed by atoms with Crippen molar-refractivity contribution in [1.29, 1.82) is 0 Å². The van der Waals surface area contributed by atoms with Crippen LogP contribution in [0.5, 0.6) is 0 Å². The summed E-state index contributed by atoms with van der Waals surface area (Å²) in [5.74, 6) is -0.522. The van der Waals surface area contributed by atoms with E-state index in [2.05, 4.69) is 9.46 Å². The Kier molecular flexibility index (Phi) is 3.78. The first-order valence-electron chi connectivity index (χ1n) is 5.49. The number of esters is 1. The highest BCUT2D eigenvalue weighted by Gasteiger charge is 2.29. The lowest BCUT2D eigenvalue weighted by atomic mass is 10.2. The second-order valence-electron chi connectivity index (χ2n) is 3.89. The van der Waals surface area contributed by atoms with Crippen molar-refractivity contribution < 1.29 is 17.9 Å². The van der Waals surface area contributed by atoms with Crippen molar-refractivity contribution in [2.45, 2.75) is 12.5 Å². The van der Waals surface area contributed by atoms with Crippen LogP contribution in [0.1, 0.15) is 12.0 Å². The highest BCUT2D eigenvalue weighted by atomic mass is 32.2. The van der Waals surface area contributed by atoms with Crippen molar-refractivity contribution in [2.24, 2.45) is 0 Å². The molecule has 0 aliphatic carbocycles. The minimum Gasteiger partial charge on any atom is -0.464 e. The fourth-order valence-corrected chi connectivity index (χ4v) is 2.60. The molecule has 1 aliphatic rings. The molecule has 1 unspecified atom stereocenters. The van der Waals surface area contributed by atoms with Crippen molar-refractivity contribution in [3.8, 4) is 0 Å². The molecule has 1 aromatic rings. The van der Waals surface area contributed by atoms with Gasteiger partial charge in [-0.1, -0.05) is 30.3 Å². The lowest BCUT2D eigenvalue weighted by Crippen LogP contribution is -2.36. The van der Waals surface area contributed by atoms with Gasteiger partial charge in [0.2, 0.25) is 10.0 Å². The Morgan fingerprint density at radius 2 is 2.00 bits per heavy atom. The maximum atomic E-state index is 11.7. The number of hydrogen-bond donors (Lipinski definition) is 1. The van der Waals surface area contributed by atoms with Gasteiger partial charge in [0, 0.05) is 11.8 Å². The average molecular weight is 267 g/mol. The zero-order chi connectivity index (χ0) is 13.0. The predicted octanol–water partition coefficient (Wildman–Crippen LogP) is 0.892. The molecule has 1 aromatic carbocycles. The van der Waals surface area contributed by atoms with Crippen molar-refractivity contribution in [3.63, 3.8) is 0 Å².